The number of amides is 1. The van der Waals surface area contributed by atoms with Crippen molar-refractivity contribution < 1.29 is 13.6 Å². The van der Waals surface area contributed by atoms with Crippen molar-refractivity contribution in [2.45, 2.75) is 18.8 Å². The van der Waals surface area contributed by atoms with E-state index in [0.717, 1.165) is 12.8 Å². The molecule has 1 saturated heterocycles. The van der Waals surface area contributed by atoms with Gasteiger partial charge in [-0.25, -0.2) is 9.49 Å². The second-order valence-corrected chi connectivity index (χ2v) is 6.35. The second-order valence-electron chi connectivity index (χ2n) is 6.35. The summed E-state index contributed by atoms with van der Waals surface area (Å²) in [6.07, 6.45) is 1.60. The highest BCUT2D eigenvalue weighted by atomic mass is 19.1. The molecule has 1 aliphatic rings. The maximum absolute atomic E-state index is 13.1. The van der Waals surface area contributed by atoms with E-state index < -0.39 is 0 Å². The predicted octanol–water partition coefficient (Wildman–Crippen LogP) is 1.98. The lowest BCUT2D eigenvalue weighted by atomic mass is 9.98. The first-order chi connectivity index (χ1) is 13.1. The van der Waals surface area contributed by atoms with E-state index in [1.165, 1.54) is 24.3 Å². The summed E-state index contributed by atoms with van der Waals surface area (Å²) in [7, 11) is 0. The summed E-state index contributed by atoms with van der Waals surface area (Å²) < 4.78 is 18.8. The third-order valence-corrected chi connectivity index (χ3v) is 4.49. The standard InChI is InChI=1S/C18H16FN5O3/c19-13-5-3-11(4-6-13)16-22-23-17(27-16)12-2-1-9-24(10-12)18(26)14-7-8-15(25)21-20-14/h3-8,12H,1-2,9-10H2,(H,21,25). The Morgan fingerprint density at radius 1 is 1.19 bits per heavy atom. The number of likely N-dealkylation sites (tertiary alicyclic amines) is 1. The van der Waals surface area contributed by atoms with Crippen molar-refractivity contribution in [3.63, 3.8) is 0 Å². The number of piperidine rings is 1. The number of aromatic nitrogens is 4. The molecule has 3 aromatic rings. The van der Waals surface area contributed by atoms with E-state index in [4.69, 9.17) is 4.42 Å². The van der Waals surface area contributed by atoms with Crippen LogP contribution in [0.25, 0.3) is 11.5 Å². The molecule has 1 aliphatic heterocycles. The van der Waals surface area contributed by atoms with Crippen LogP contribution in [0.2, 0.25) is 0 Å². The minimum atomic E-state index is -0.359. The zero-order valence-corrected chi connectivity index (χ0v) is 14.3. The van der Waals surface area contributed by atoms with Crippen LogP contribution in [0, 0.1) is 5.82 Å². The van der Waals surface area contributed by atoms with E-state index in [0.29, 0.717) is 30.4 Å². The molecule has 0 saturated carbocycles. The fourth-order valence-corrected chi connectivity index (χ4v) is 3.10. The zero-order valence-electron chi connectivity index (χ0n) is 14.3. The van der Waals surface area contributed by atoms with Crippen molar-refractivity contribution in [1.82, 2.24) is 25.3 Å². The van der Waals surface area contributed by atoms with Crippen LogP contribution >= 0.6 is 0 Å². The summed E-state index contributed by atoms with van der Waals surface area (Å²) >= 11 is 0. The Balaban J connectivity index is 1.50. The Bertz CT molecular complexity index is 994. The van der Waals surface area contributed by atoms with Gasteiger partial charge in [-0.1, -0.05) is 0 Å². The lowest BCUT2D eigenvalue weighted by Gasteiger charge is -2.30. The van der Waals surface area contributed by atoms with Crippen LogP contribution in [0.4, 0.5) is 4.39 Å². The molecule has 1 fully saturated rings. The molecule has 0 spiro atoms. The Morgan fingerprint density at radius 2 is 2.00 bits per heavy atom. The average Bonchev–Trinajstić information content (AvgIpc) is 3.19. The van der Waals surface area contributed by atoms with Gasteiger partial charge in [-0.3, -0.25) is 9.59 Å². The van der Waals surface area contributed by atoms with E-state index in [2.05, 4.69) is 20.4 Å². The first-order valence-corrected chi connectivity index (χ1v) is 8.54. The number of H-pyrrole nitrogens is 1. The van der Waals surface area contributed by atoms with Gasteiger partial charge in [0.25, 0.3) is 11.5 Å². The lowest BCUT2D eigenvalue weighted by molar-refractivity contribution is 0.0691. The summed E-state index contributed by atoms with van der Waals surface area (Å²) in [5, 5.41) is 14.2. The van der Waals surface area contributed by atoms with Crippen molar-refractivity contribution in [2.24, 2.45) is 0 Å². The number of nitrogens with one attached hydrogen (secondary N) is 1. The van der Waals surface area contributed by atoms with Gasteiger partial charge in [-0.2, -0.15) is 5.10 Å². The summed E-state index contributed by atoms with van der Waals surface area (Å²) in [5.74, 6) is 0.0779. The topological polar surface area (TPSA) is 105 Å². The number of carbonyl (C=O) groups excluding carboxylic acids is 1. The molecule has 8 nitrogen and oxygen atoms in total. The van der Waals surface area contributed by atoms with Gasteiger partial charge in [0.2, 0.25) is 11.8 Å². The normalized spacial score (nSPS) is 17.1. The predicted molar refractivity (Wildman–Crippen MR) is 92.4 cm³/mol. The van der Waals surface area contributed by atoms with Gasteiger partial charge in [-0.15, -0.1) is 10.2 Å². The molecule has 2 aromatic heterocycles. The van der Waals surface area contributed by atoms with Crippen LogP contribution in [0.15, 0.2) is 45.6 Å². The molecule has 0 aliphatic carbocycles. The maximum atomic E-state index is 13.1. The summed E-state index contributed by atoms with van der Waals surface area (Å²) in [6, 6.07) is 8.49. The number of aromatic amines is 1. The smallest absolute Gasteiger partial charge is 0.274 e. The van der Waals surface area contributed by atoms with E-state index in [9.17, 15) is 14.0 Å². The number of hydrogen-bond donors (Lipinski definition) is 1. The highest BCUT2D eigenvalue weighted by Crippen LogP contribution is 2.29. The molecule has 0 radical (unpaired) electrons. The fraction of sp³-hybridized carbons (Fsp3) is 0.278. The number of benzene rings is 1. The van der Waals surface area contributed by atoms with Crippen molar-refractivity contribution >= 4 is 5.91 Å². The van der Waals surface area contributed by atoms with Crippen LogP contribution in [0.1, 0.15) is 35.1 Å². The third-order valence-electron chi connectivity index (χ3n) is 4.49. The number of hydrogen-bond acceptors (Lipinski definition) is 6. The van der Waals surface area contributed by atoms with Crippen LogP contribution < -0.4 is 5.56 Å². The van der Waals surface area contributed by atoms with Gasteiger partial charge in [-0.05, 0) is 43.2 Å². The molecule has 9 heteroatoms. The Labute approximate surface area is 153 Å². The highest BCUT2D eigenvalue weighted by Gasteiger charge is 2.29. The molecule has 27 heavy (non-hydrogen) atoms. The molecule has 1 unspecified atom stereocenters. The van der Waals surface area contributed by atoms with E-state index in [1.54, 1.807) is 17.0 Å². The van der Waals surface area contributed by atoms with E-state index in [1.807, 2.05) is 0 Å². The SMILES string of the molecule is O=C(c1ccc(=O)[nH]n1)N1CCCC(c2nnc(-c3ccc(F)cc3)o2)C1. The minimum Gasteiger partial charge on any atom is -0.420 e. The first kappa shape index (κ1) is 17.1. The van der Waals surface area contributed by atoms with Gasteiger partial charge in [0.1, 0.15) is 11.5 Å². The number of rotatable bonds is 3. The molecule has 3 heterocycles. The zero-order chi connectivity index (χ0) is 18.8. The van der Waals surface area contributed by atoms with Gasteiger partial charge in [0, 0.05) is 24.7 Å². The largest absolute Gasteiger partial charge is 0.420 e. The molecule has 1 N–H and O–H groups in total. The number of halogens is 1. The third kappa shape index (κ3) is 3.62. The van der Waals surface area contributed by atoms with Gasteiger partial charge in [0.05, 0.1) is 5.92 Å². The quantitative estimate of drug-likeness (QED) is 0.757. The van der Waals surface area contributed by atoms with Gasteiger partial charge in [0.15, 0.2) is 0 Å². The molecule has 1 amide bonds. The molecule has 4 rings (SSSR count). The Kier molecular flexibility index (Phi) is 4.49. The van der Waals surface area contributed by atoms with Crippen LogP contribution in [0.5, 0.6) is 0 Å². The summed E-state index contributed by atoms with van der Waals surface area (Å²) in [4.78, 5) is 25.4. The second kappa shape index (κ2) is 7.10. The lowest BCUT2D eigenvalue weighted by Crippen LogP contribution is -2.39. The molecular weight excluding hydrogens is 353 g/mol. The maximum Gasteiger partial charge on any atom is 0.274 e. The van der Waals surface area contributed by atoms with Gasteiger partial charge < -0.3 is 9.32 Å². The van der Waals surface area contributed by atoms with E-state index >= 15 is 0 Å². The highest BCUT2D eigenvalue weighted by molar-refractivity contribution is 5.92. The molecule has 1 aromatic carbocycles. The van der Waals surface area contributed by atoms with Crippen LogP contribution in [-0.2, 0) is 0 Å². The molecule has 0 bridgehead atoms. The average molecular weight is 369 g/mol. The summed E-state index contributed by atoms with van der Waals surface area (Å²) in [6.45, 7) is 1.01. The molecular formula is C18H16FN5O3. The van der Waals surface area contributed by atoms with Crippen molar-refractivity contribution in [3.05, 3.63) is 64.2 Å². The van der Waals surface area contributed by atoms with Crippen LogP contribution in [0.3, 0.4) is 0 Å². The number of nitrogens with zero attached hydrogens (tertiary/aromatic N) is 4. The summed E-state index contributed by atoms with van der Waals surface area (Å²) in [5.41, 5.74) is 0.464. The fourth-order valence-electron chi connectivity index (χ4n) is 3.10. The van der Waals surface area contributed by atoms with Crippen molar-refractivity contribution in [1.29, 1.82) is 0 Å². The van der Waals surface area contributed by atoms with E-state index in [-0.39, 0.29) is 28.9 Å². The monoisotopic (exact) mass is 369 g/mol. The van der Waals surface area contributed by atoms with Gasteiger partial charge >= 0.3 is 0 Å². The molecule has 1 atom stereocenters. The Morgan fingerprint density at radius 3 is 2.74 bits per heavy atom. The van der Waals surface area contributed by atoms with Crippen LogP contribution in [-0.4, -0.2) is 44.3 Å². The van der Waals surface area contributed by atoms with Crippen molar-refractivity contribution in [3.8, 4) is 11.5 Å². The minimum absolute atomic E-state index is 0.0906. The first-order valence-electron chi connectivity index (χ1n) is 8.54. The number of carbonyl (C=O) groups is 1. The van der Waals surface area contributed by atoms with Crippen molar-refractivity contribution in [2.75, 3.05) is 13.1 Å². The Hall–Kier alpha value is -3.36. The molecule has 138 valence electrons.